The molecule has 2 heterocycles. The minimum absolute atomic E-state index is 0.294. The van der Waals surface area contributed by atoms with E-state index in [1.807, 2.05) is 24.3 Å². The molecule has 162 valence electrons. The standard InChI is InChI=1S/C23H17ClF2N4O2/c24-16-4-1-14(2-5-16)15-3-6-20-19(9-15)18(7-8-28-20)22(32)29-12-21(31)30-13-23(25,26)10-17(30)11-27/h1-9,17H,10,12-13H2,(H,29,32)/t17-/m0/s1. The van der Waals surface area contributed by atoms with Gasteiger partial charge in [0.25, 0.3) is 11.8 Å². The van der Waals surface area contributed by atoms with Crippen LogP contribution in [0.5, 0.6) is 0 Å². The molecule has 9 heteroatoms. The lowest BCUT2D eigenvalue weighted by Gasteiger charge is -2.19. The lowest BCUT2D eigenvalue weighted by molar-refractivity contribution is -0.131. The number of alkyl halides is 2. The third-order valence-corrected chi connectivity index (χ3v) is 5.56. The Hall–Kier alpha value is -3.57. The largest absolute Gasteiger partial charge is 0.343 e. The Morgan fingerprint density at radius 2 is 1.91 bits per heavy atom. The normalized spacial score (nSPS) is 17.2. The maximum absolute atomic E-state index is 13.6. The van der Waals surface area contributed by atoms with Gasteiger partial charge < -0.3 is 10.2 Å². The van der Waals surface area contributed by atoms with Crippen LogP contribution in [-0.4, -0.2) is 46.8 Å². The Balaban J connectivity index is 1.54. The van der Waals surface area contributed by atoms with Gasteiger partial charge in [0, 0.05) is 23.0 Å². The van der Waals surface area contributed by atoms with Crippen LogP contribution in [0.2, 0.25) is 5.02 Å². The molecule has 1 atom stereocenters. The summed E-state index contributed by atoms with van der Waals surface area (Å²) >= 11 is 5.95. The Kier molecular flexibility index (Phi) is 5.76. The second-order valence-electron chi connectivity index (χ2n) is 7.51. The zero-order valence-corrected chi connectivity index (χ0v) is 17.4. The van der Waals surface area contributed by atoms with Crippen molar-refractivity contribution in [3.05, 3.63) is 65.3 Å². The fraction of sp³-hybridized carbons (Fsp3) is 0.217. The van der Waals surface area contributed by atoms with Gasteiger partial charge in [0.1, 0.15) is 6.04 Å². The average molecular weight is 455 g/mol. The van der Waals surface area contributed by atoms with E-state index < -0.39 is 43.3 Å². The first-order valence-electron chi connectivity index (χ1n) is 9.77. The monoisotopic (exact) mass is 454 g/mol. The summed E-state index contributed by atoms with van der Waals surface area (Å²) in [4.78, 5) is 30.3. The van der Waals surface area contributed by atoms with Crippen molar-refractivity contribution in [2.75, 3.05) is 13.1 Å². The van der Waals surface area contributed by atoms with Gasteiger partial charge in [-0.1, -0.05) is 29.8 Å². The molecule has 6 nitrogen and oxygen atoms in total. The molecule has 0 radical (unpaired) electrons. The van der Waals surface area contributed by atoms with Crippen LogP contribution >= 0.6 is 11.6 Å². The van der Waals surface area contributed by atoms with E-state index in [0.29, 0.717) is 21.5 Å². The molecule has 0 bridgehead atoms. The Morgan fingerprint density at radius 3 is 2.62 bits per heavy atom. The third-order valence-electron chi connectivity index (χ3n) is 5.30. The summed E-state index contributed by atoms with van der Waals surface area (Å²) in [5, 5.41) is 12.7. The van der Waals surface area contributed by atoms with Gasteiger partial charge in [0.15, 0.2) is 0 Å². The van der Waals surface area contributed by atoms with Crippen LogP contribution in [0.15, 0.2) is 54.7 Å². The number of carbonyl (C=O) groups excluding carboxylic acids is 2. The number of likely N-dealkylation sites (tertiary alicyclic amines) is 1. The van der Waals surface area contributed by atoms with Crippen LogP contribution in [0.1, 0.15) is 16.8 Å². The minimum Gasteiger partial charge on any atom is -0.343 e. The molecule has 0 saturated carbocycles. The fourth-order valence-corrected chi connectivity index (χ4v) is 3.84. The lowest BCUT2D eigenvalue weighted by Crippen LogP contribution is -2.43. The number of nitrogens with zero attached hydrogens (tertiary/aromatic N) is 3. The first-order chi connectivity index (χ1) is 15.3. The Labute approximate surface area is 187 Å². The molecule has 1 aliphatic heterocycles. The van der Waals surface area contributed by atoms with Gasteiger partial charge >= 0.3 is 0 Å². The zero-order chi connectivity index (χ0) is 22.9. The van der Waals surface area contributed by atoms with E-state index >= 15 is 0 Å². The number of rotatable bonds is 4. The molecule has 3 aromatic rings. The Bertz CT molecular complexity index is 1240. The van der Waals surface area contributed by atoms with E-state index in [-0.39, 0.29) is 0 Å². The number of nitriles is 1. The van der Waals surface area contributed by atoms with E-state index in [2.05, 4.69) is 10.3 Å². The molecule has 1 fully saturated rings. The van der Waals surface area contributed by atoms with Gasteiger partial charge in [-0.3, -0.25) is 14.6 Å². The van der Waals surface area contributed by atoms with Gasteiger partial charge in [0.05, 0.1) is 30.2 Å². The van der Waals surface area contributed by atoms with E-state index in [1.165, 1.54) is 12.3 Å². The smallest absolute Gasteiger partial charge is 0.268 e. The first-order valence-corrected chi connectivity index (χ1v) is 10.1. The van der Waals surface area contributed by atoms with Crippen molar-refractivity contribution in [2.24, 2.45) is 0 Å². The molecule has 32 heavy (non-hydrogen) atoms. The molecule has 1 aromatic heterocycles. The number of hydrogen-bond acceptors (Lipinski definition) is 4. The number of nitrogens with one attached hydrogen (secondary N) is 1. The molecular weight excluding hydrogens is 438 g/mol. The summed E-state index contributed by atoms with van der Waals surface area (Å²) in [5.74, 6) is -4.39. The lowest BCUT2D eigenvalue weighted by atomic mass is 10.0. The molecule has 0 aliphatic carbocycles. The quantitative estimate of drug-likeness (QED) is 0.644. The number of pyridine rings is 1. The molecule has 1 aliphatic rings. The first kappa shape index (κ1) is 21.7. The van der Waals surface area contributed by atoms with Crippen molar-refractivity contribution in [1.29, 1.82) is 5.26 Å². The van der Waals surface area contributed by atoms with Gasteiger partial charge in [0.2, 0.25) is 5.91 Å². The molecular formula is C23H17ClF2N4O2. The number of hydrogen-bond donors (Lipinski definition) is 1. The van der Waals surface area contributed by atoms with Gasteiger partial charge in [-0.25, -0.2) is 8.78 Å². The highest BCUT2D eigenvalue weighted by molar-refractivity contribution is 6.30. The predicted octanol–water partition coefficient (Wildman–Crippen LogP) is 4.04. The third kappa shape index (κ3) is 4.39. The average Bonchev–Trinajstić information content (AvgIpc) is 3.11. The molecule has 2 aromatic carbocycles. The van der Waals surface area contributed by atoms with E-state index in [4.69, 9.17) is 16.9 Å². The summed E-state index contributed by atoms with van der Waals surface area (Å²) < 4.78 is 27.2. The maximum atomic E-state index is 13.6. The summed E-state index contributed by atoms with van der Waals surface area (Å²) in [6, 6.07) is 14.7. The van der Waals surface area contributed by atoms with Crippen molar-refractivity contribution < 1.29 is 18.4 Å². The molecule has 2 amide bonds. The SMILES string of the molecule is N#C[C@@H]1CC(F)(F)CN1C(=O)CNC(=O)c1ccnc2ccc(-c3ccc(Cl)cc3)cc12. The topological polar surface area (TPSA) is 86.1 Å². The number of amides is 2. The highest BCUT2D eigenvalue weighted by atomic mass is 35.5. The van der Waals surface area contributed by atoms with E-state index in [1.54, 1.807) is 24.3 Å². The number of fused-ring (bicyclic) bond motifs is 1. The summed E-state index contributed by atoms with van der Waals surface area (Å²) in [7, 11) is 0. The maximum Gasteiger partial charge on any atom is 0.268 e. The van der Waals surface area contributed by atoms with Gasteiger partial charge in [-0.05, 0) is 41.5 Å². The minimum atomic E-state index is -3.11. The van der Waals surface area contributed by atoms with E-state index in [0.717, 1.165) is 16.0 Å². The zero-order valence-electron chi connectivity index (χ0n) is 16.7. The summed E-state index contributed by atoms with van der Waals surface area (Å²) in [6.07, 6.45) is 0.777. The molecule has 1 N–H and O–H groups in total. The molecule has 4 rings (SSSR count). The van der Waals surface area contributed by atoms with Crippen LogP contribution in [0, 0.1) is 11.3 Å². The molecule has 0 spiro atoms. The van der Waals surface area contributed by atoms with Crippen LogP contribution in [0.3, 0.4) is 0 Å². The molecule has 1 saturated heterocycles. The van der Waals surface area contributed by atoms with Gasteiger partial charge in [-0.2, -0.15) is 5.26 Å². The number of carbonyl (C=O) groups is 2. The van der Waals surface area contributed by atoms with Crippen molar-refractivity contribution in [2.45, 2.75) is 18.4 Å². The van der Waals surface area contributed by atoms with Gasteiger partial charge in [-0.15, -0.1) is 0 Å². The van der Waals surface area contributed by atoms with Crippen LogP contribution < -0.4 is 5.32 Å². The van der Waals surface area contributed by atoms with Crippen molar-refractivity contribution in [1.82, 2.24) is 15.2 Å². The van der Waals surface area contributed by atoms with E-state index in [9.17, 15) is 18.4 Å². The second-order valence-corrected chi connectivity index (χ2v) is 7.94. The second kappa shape index (κ2) is 8.52. The van der Waals surface area contributed by atoms with Crippen LogP contribution in [0.4, 0.5) is 8.78 Å². The number of benzene rings is 2. The molecule has 0 unspecified atom stereocenters. The van der Waals surface area contributed by atoms with Crippen LogP contribution in [-0.2, 0) is 4.79 Å². The van der Waals surface area contributed by atoms with Crippen LogP contribution in [0.25, 0.3) is 22.0 Å². The highest BCUT2D eigenvalue weighted by Crippen LogP contribution is 2.31. The Morgan fingerprint density at radius 1 is 1.19 bits per heavy atom. The predicted molar refractivity (Wildman–Crippen MR) is 115 cm³/mol. The van der Waals surface area contributed by atoms with Crippen molar-refractivity contribution >= 4 is 34.3 Å². The summed E-state index contributed by atoms with van der Waals surface area (Å²) in [5.41, 5.74) is 2.63. The van der Waals surface area contributed by atoms with Crippen molar-refractivity contribution in [3.63, 3.8) is 0 Å². The highest BCUT2D eigenvalue weighted by Gasteiger charge is 2.47. The van der Waals surface area contributed by atoms with Crippen molar-refractivity contribution in [3.8, 4) is 17.2 Å². The number of halogens is 3. The number of aromatic nitrogens is 1. The summed E-state index contributed by atoms with van der Waals surface area (Å²) in [6.45, 7) is -1.32. The fourth-order valence-electron chi connectivity index (χ4n) is 3.71.